The molecule has 2 heterocycles. The highest BCUT2D eigenvalue weighted by atomic mass is 16.5. The first-order chi connectivity index (χ1) is 12.5. The third kappa shape index (κ3) is 4.43. The summed E-state index contributed by atoms with van der Waals surface area (Å²) < 4.78 is 7.82. The minimum atomic E-state index is -0.162. The molecule has 1 aromatic heterocycles. The molecule has 1 aliphatic heterocycles. The molecule has 1 amide bonds. The van der Waals surface area contributed by atoms with Crippen LogP contribution in [0.2, 0.25) is 0 Å². The zero-order valence-corrected chi connectivity index (χ0v) is 15.8. The van der Waals surface area contributed by atoms with Crippen LogP contribution in [0.4, 0.5) is 0 Å². The number of hydrogen-bond donors (Lipinski definition) is 2. The first kappa shape index (κ1) is 18.5. The Morgan fingerprint density at radius 1 is 1.38 bits per heavy atom. The molecule has 140 valence electrons. The van der Waals surface area contributed by atoms with Gasteiger partial charge in [-0.2, -0.15) is 5.10 Å². The van der Waals surface area contributed by atoms with Gasteiger partial charge in [-0.05, 0) is 57.4 Å². The Morgan fingerprint density at radius 3 is 2.85 bits per heavy atom. The van der Waals surface area contributed by atoms with Gasteiger partial charge in [0, 0.05) is 12.7 Å². The lowest BCUT2D eigenvalue weighted by Gasteiger charge is -2.22. The number of aryl methyl sites for hydroxylation is 2. The molecular weight excluding hydrogens is 328 g/mol. The molecule has 6 nitrogen and oxygen atoms in total. The second-order valence-electron chi connectivity index (χ2n) is 7.09. The molecule has 2 atom stereocenters. The van der Waals surface area contributed by atoms with Gasteiger partial charge in [0.1, 0.15) is 18.1 Å². The molecule has 2 unspecified atom stereocenters. The molecule has 0 bridgehead atoms. The predicted octanol–water partition coefficient (Wildman–Crippen LogP) is 2.62. The van der Waals surface area contributed by atoms with Crippen molar-refractivity contribution in [2.24, 2.45) is 0 Å². The summed E-state index contributed by atoms with van der Waals surface area (Å²) in [6.45, 7) is 8.38. The zero-order valence-electron chi connectivity index (χ0n) is 15.8. The second kappa shape index (κ2) is 8.36. The van der Waals surface area contributed by atoms with Crippen molar-refractivity contribution < 1.29 is 9.53 Å². The summed E-state index contributed by atoms with van der Waals surface area (Å²) in [4.78, 5) is 12.4. The largest absolute Gasteiger partial charge is 0.491 e. The van der Waals surface area contributed by atoms with Gasteiger partial charge in [-0.3, -0.25) is 9.48 Å². The molecule has 0 spiro atoms. The molecule has 6 heteroatoms. The van der Waals surface area contributed by atoms with Crippen LogP contribution in [0.5, 0.6) is 5.75 Å². The minimum absolute atomic E-state index is 0.108. The van der Waals surface area contributed by atoms with Crippen LogP contribution in [0.1, 0.15) is 47.4 Å². The summed E-state index contributed by atoms with van der Waals surface area (Å²) in [6.07, 6.45) is 4.12. The van der Waals surface area contributed by atoms with Crippen molar-refractivity contribution in [1.82, 2.24) is 20.4 Å². The second-order valence-corrected chi connectivity index (χ2v) is 7.09. The van der Waals surface area contributed by atoms with Gasteiger partial charge in [0.15, 0.2) is 0 Å². The third-order valence-electron chi connectivity index (χ3n) is 4.75. The molecule has 0 aliphatic carbocycles. The average Bonchev–Trinajstić information content (AvgIpc) is 3.12. The normalized spacial score (nSPS) is 18.3. The number of rotatable bonds is 6. The number of amides is 1. The summed E-state index contributed by atoms with van der Waals surface area (Å²) in [5.41, 5.74) is 2.65. The summed E-state index contributed by atoms with van der Waals surface area (Å²) in [5, 5.41) is 10.8. The van der Waals surface area contributed by atoms with Crippen LogP contribution in [0.15, 0.2) is 30.5 Å². The predicted molar refractivity (Wildman–Crippen MR) is 102 cm³/mol. The smallest absolute Gasteiger partial charge is 0.272 e. The van der Waals surface area contributed by atoms with Crippen LogP contribution in [-0.2, 0) is 0 Å². The van der Waals surface area contributed by atoms with E-state index < -0.39 is 0 Å². The topological polar surface area (TPSA) is 68.2 Å². The monoisotopic (exact) mass is 356 g/mol. The highest BCUT2D eigenvalue weighted by Gasteiger charge is 2.18. The number of piperidine rings is 1. The van der Waals surface area contributed by atoms with Crippen LogP contribution in [0.3, 0.4) is 0 Å². The number of carbonyl (C=O) groups excluding carboxylic acids is 1. The molecule has 1 fully saturated rings. The van der Waals surface area contributed by atoms with Gasteiger partial charge in [0.25, 0.3) is 5.91 Å². The Labute approximate surface area is 154 Å². The number of nitrogens with zero attached hydrogens (tertiary/aromatic N) is 2. The maximum atomic E-state index is 12.4. The van der Waals surface area contributed by atoms with Crippen molar-refractivity contribution >= 4 is 5.91 Å². The zero-order chi connectivity index (χ0) is 18.5. The maximum Gasteiger partial charge on any atom is 0.272 e. The molecule has 26 heavy (non-hydrogen) atoms. The third-order valence-corrected chi connectivity index (χ3v) is 4.75. The van der Waals surface area contributed by atoms with Crippen LogP contribution < -0.4 is 15.4 Å². The van der Waals surface area contributed by atoms with Gasteiger partial charge in [-0.15, -0.1) is 0 Å². The standard InChI is InChI=1S/C20H28N4O2/c1-14-6-4-7-15(2)19(14)26-13-16(3)22-20(25)18-9-11-24(23-18)17-8-5-10-21-12-17/h4,6-7,9,11,16-17,21H,5,8,10,12-13H2,1-3H3,(H,22,25). The molecule has 0 saturated carbocycles. The van der Waals surface area contributed by atoms with E-state index in [0.29, 0.717) is 18.3 Å². The van der Waals surface area contributed by atoms with Crippen molar-refractivity contribution in [1.29, 1.82) is 0 Å². The van der Waals surface area contributed by atoms with Gasteiger partial charge in [-0.1, -0.05) is 18.2 Å². The fourth-order valence-corrected chi connectivity index (χ4v) is 3.30. The van der Waals surface area contributed by atoms with E-state index in [1.165, 1.54) is 0 Å². The first-order valence-corrected chi connectivity index (χ1v) is 9.30. The molecule has 1 saturated heterocycles. The molecule has 1 aromatic carbocycles. The van der Waals surface area contributed by atoms with E-state index >= 15 is 0 Å². The quantitative estimate of drug-likeness (QED) is 0.835. The number of nitrogens with one attached hydrogen (secondary N) is 2. The first-order valence-electron chi connectivity index (χ1n) is 9.30. The van der Waals surface area contributed by atoms with Gasteiger partial charge in [0.2, 0.25) is 0 Å². The number of aromatic nitrogens is 2. The van der Waals surface area contributed by atoms with Crippen molar-refractivity contribution in [3.63, 3.8) is 0 Å². The summed E-state index contributed by atoms with van der Waals surface area (Å²) in [7, 11) is 0. The molecule has 1 aliphatic rings. The summed E-state index contributed by atoms with van der Waals surface area (Å²) >= 11 is 0. The Morgan fingerprint density at radius 2 is 2.15 bits per heavy atom. The maximum absolute atomic E-state index is 12.4. The number of carbonyl (C=O) groups is 1. The number of benzene rings is 1. The fraction of sp³-hybridized carbons (Fsp3) is 0.500. The SMILES string of the molecule is Cc1cccc(C)c1OCC(C)NC(=O)c1ccn(C2CCCNC2)n1. The number of para-hydroxylation sites is 1. The van der Waals surface area contributed by atoms with Crippen LogP contribution in [-0.4, -0.2) is 41.4 Å². The van der Waals surface area contributed by atoms with Gasteiger partial charge < -0.3 is 15.4 Å². The van der Waals surface area contributed by atoms with Gasteiger partial charge >= 0.3 is 0 Å². The lowest BCUT2D eigenvalue weighted by Crippen LogP contribution is -2.37. The lowest BCUT2D eigenvalue weighted by molar-refractivity contribution is 0.0920. The Hall–Kier alpha value is -2.34. The minimum Gasteiger partial charge on any atom is -0.491 e. The van der Waals surface area contributed by atoms with Crippen LogP contribution in [0, 0.1) is 13.8 Å². The van der Waals surface area contributed by atoms with E-state index in [1.54, 1.807) is 6.07 Å². The molecule has 0 radical (unpaired) electrons. The van der Waals surface area contributed by atoms with E-state index in [2.05, 4.69) is 15.7 Å². The number of ether oxygens (including phenoxy) is 1. The van der Waals surface area contributed by atoms with Gasteiger partial charge in [-0.25, -0.2) is 0 Å². The average molecular weight is 356 g/mol. The molecular formula is C20H28N4O2. The Balaban J connectivity index is 1.53. The van der Waals surface area contributed by atoms with Crippen molar-refractivity contribution in [2.45, 2.75) is 45.7 Å². The van der Waals surface area contributed by atoms with E-state index in [1.807, 2.05) is 49.8 Å². The fourth-order valence-electron chi connectivity index (χ4n) is 3.30. The van der Waals surface area contributed by atoms with Crippen LogP contribution in [0.25, 0.3) is 0 Å². The molecule has 2 aromatic rings. The van der Waals surface area contributed by atoms with E-state index in [-0.39, 0.29) is 11.9 Å². The molecule has 3 rings (SSSR count). The Kier molecular flexibility index (Phi) is 5.93. The van der Waals surface area contributed by atoms with Gasteiger partial charge in [0.05, 0.1) is 12.1 Å². The molecule has 2 N–H and O–H groups in total. The summed E-state index contributed by atoms with van der Waals surface area (Å²) in [5.74, 6) is 0.729. The highest BCUT2D eigenvalue weighted by Crippen LogP contribution is 2.22. The Bertz CT molecular complexity index is 730. The van der Waals surface area contributed by atoms with E-state index in [4.69, 9.17) is 4.74 Å². The lowest BCUT2D eigenvalue weighted by atomic mass is 10.1. The van der Waals surface area contributed by atoms with Crippen molar-refractivity contribution in [3.05, 3.63) is 47.3 Å². The number of hydrogen-bond acceptors (Lipinski definition) is 4. The van der Waals surface area contributed by atoms with Crippen LogP contribution >= 0.6 is 0 Å². The summed E-state index contributed by atoms with van der Waals surface area (Å²) in [6, 6.07) is 8.07. The van der Waals surface area contributed by atoms with E-state index in [0.717, 1.165) is 42.8 Å². The van der Waals surface area contributed by atoms with E-state index in [9.17, 15) is 4.79 Å². The van der Waals surface area contributed by atoms with Crippen molar-refractivity contribution in [2.75, 3.05) is 19.7 Å². The highest BCUT2D eigenvalue weighted by molar-refractivity contribution is 5.92. The van der Waals surface area contributed by atoms with Crippen molar-refractivity contribution in [3.8, 4) is 5.75 Å².